The predicted octanol–water partition coefficient (Wildman–Crippen LogP) is 2.79. The lowest BCUT2D eigenvalue weighted by Gasteiger charge is -2.31. The van der Waals surface area contributed by atoms with Crippen molar-refractivity contribution >= 4 is 11.6 Å². The average Bonchev–Trinajstić information content (AvgIpc) is 2.26. The fourth-order valence-corrected chi connectivity index (χ4v) is 2.02. The number of halogens is 1. The van der Waals surface area contributed by atoms with Gasteiger partial charge in [0, 0.05) is 17.6 Å². The number of hydrogen-bond donors (Lipinski definition) is 1. The van der Waals surface area contributed by atoms with Crippen LogP contribution in [0.3, 0.4) is 0 Å². The van der Waals surface area contributed by atoms with Crippen molar-refractivity contribution in [2.45, 2.75) is 32.1 Å². The van der Waals surface area contributed by atoms with E-state index in [0.29, 0.717) is 19.3 Å². The molecule has 1 aliphatic heterocycles. The molecule has 1 saturated heterocycles. The Hall–Kier alpha value is -0.610. The van der Waals surface area contributed by atoms with Gasteiger partial charge in [0.05, 0.1) is 19.3 Å². The van der Waals surface area contributed by atoms with Gasteiger partial charge in [-0.15, -0.1) is 0 Å². The van der Waals surface area contributed by atoms with Crippen LogP contribution in [-0.4, -0.2) is 31.9 Å². The molecule has 1 aromatic carbocycles. The number of ether oxygens (including phenoxy) is 2. The molecule has 0 bridgehead atoms. The van der Waals surface area contributed by atoms with Gasteiger partial charge in [0.25, 0.3) is 0 Å². The summed E-state index contributed by atoms with van der Waals surface area (Å²) < 4.78 is 11.2. The largest absolute Gasteiger partial charge is 0.376 e. The van der Waals surface area contributed by atoms with Crippen LogP contribution in [0.2, 0.25) is 5.02 Å². The molecular weight excluding hydrogens is 250 g/mol. The van der Waals surface area contributed by atoms with Gasteiger partial charge < -0.3 is 14.8 Å². The van der Waals surface area contributed by atoms with Crippen molar-refractivity contribution in [3.05, 3.63) is 34.9 Å². The maximum Gasteiger partial charge on any atom is 0.105 e. The van der Waals surface area contributed by atoms with Crippen LogP contribution < -0.4 is 5.32 Å². The van der Waals surface area contributed by atoms with E-state index in [4.69, 9.17) is 21.1 Å². The van der Waals surface area contributed by atoms with Gasteiger partial charge in [0.1, 0.15) is 6.10 Å². The van der Waals surface area contributed by atoms with Gasteiger partial charge in [-0.2, -0.15) is 0 Å². The van der Waals surface area contributed by atoms with Gasteiger partial charge in [0.2, 0.25) is 0 Å². The molecule has 1 fully saturated rings. The first-order valence-corrected chi connectivity index (χ1v) is 6.75. The SMILES string of the molecule is CC(C)NCC(OC1COC1)c1cccc(Cl)c1. The molecule has 0 aromatic heterocycles. The van der Waals surface area contributed by atoms with Crippen LogP contribution in [0.5, 0.6) is 0 Å². The quantitative estimate of drug-likeness (QED) is 0.861. The van der Waals surface area contributed by atoms with E-state index in [1.807, 2.05) is 18.2 Å². The lowest BCUT2D eigenvalue weighted by atomic mass is 10.1. The lowest BCUT2D eigenvalue weighted by molar-refractivity contribution is -0.155. The summed E-state index contributed by atoms with van der Waals surface area (Å²) in [6.07, 6.45) is 0.239. The van der Waals surface area contributed by atoms with Crippen LogP contribution in [0.15, 0.2) is 24.3 Å². The molecule has 0 aliphatic carbocycles. The second kappa shape index (κ2) is 6.53. The van der Waals surface area contributed by atoms with Crippen molar-refractivity contribution in [1.82, 2.24) is 5.32 Å². The van der Waals surface area contributed by atoms with Crippen LogP contribution in [0.25, 0.3) is 0 Å². The van der Waals surface area contributed by atoms with E-state index < -0.39 is 0 Å². The number of nitrogens with one attached hydrogen (secondary N) is 1. The van der Waals surface area contributed by atoms with Crippen molar-refractivity contribution < 1.29 is 9.47 Å². The summed E-state index contributed by atoms with van der Waals surface area (Å²) in [6, 6.07) is 8.30. The third-order valence-electron chi connectivity index (χ3n) is 2.90. The summed E-state index contributed by atoms with van der Waals surface area (Å²) in [5, 5.41) is 4.15. The summed E-state index contributed by atoms with van der Waals surface area (Å²) in [4.78, 5) is 0. The fraction of sp³-hybridized carbons (Fsp3) is 0.571. The second-order valence-electron chi connectivity index (χ2n) is 4.90. The standard InChI is InChI=1S/C14H20ClNO2/c1-10(2)16-7-14(18-13-8-17-9-13)11-4-3-5-12(15)6-11/h3-6,10,13-14,16H,7-9H2,1-2H3. The molecule has 1 aliphatic rings. The Labute approximate surface area is 113 Å². The summed E-state index contributed by atoms with van der Waals surface area (Å²) in [5.41, 5.74) is 1.11. The monoisotopic (exact) mass is 269 g/mol. The third-order valence-corrected chi connectivity index (χ3v) is 3.13. The fourth-order valence-electron chi connectivity index (χ4n) is 1.82. The highest BCUT2D eigenvalue weighted by Crippen LogP contribution is 2.24. The summed E-state index contributed by atoms with van der Waals surface area (Å²) in [5.74, 6) is 0. The Balaban J connectivity index is 2.02. The second-order valence-corrected chi connectivity index (χ2v) is 5.34. The minimum absolute atomic E-state index is 0.0278. The van der Waals surface area contributed by atoms with Gasteiger partial charge >= 0.3 is 0 Å². The molecule has 1 heterocycles. The molecule has 1 atom stereocenters. The zero-order valence-electron chi connectivity index (χ0n) is 10.9. The van der Waals surface area contributed by atoms with Gasteiger partial charge in [-0.3, -0.25) is 0 Å². The molecule has 1 unspecified atom stereocenters. The Kier molecular flexibility index (Phi) is 5.01. The Morgan fingerprint density at radius 2 is 2.22 bits per heavy atom. The number of rotatable bonds is 6. The summed E-state index contributed by atoms with van der Waals surface area (Å²) in [7, 11) is 0. The van der Waals surface area contributed by atoms with E-state index in [-0.39, 0.29) is 12.2 Å². The number of hydrogen-bond acceptors (Lipinski definition) is 3. The number of benzene rings is 1. The van der Waals surface area contributed by atoms with Crippen molar-refractivity contribution in [2.75, 3.05) is 19.8 Å². The van der Waals surface area contributed by atoms with Gasteiger partial charge in [-0.05, 0) is 17.7 Å². The average molecular weight is 270 g/mol. The molecule has 0 spiro atoms. The molecule has 0 saturated carbocycles. The van der Waals surface area contributed by atoms with E-state index in [1.165, 1.54) is 0 Å². The first kappa shape index (κ1) is 13.8. The molecule has 100 valence electrons. The van der Waals surface area contributed by atoms with Crippen LogP contribution in [0.4, 0.5) is 0 Å². The van der Waals surface area contributed by atoms with E-state index in [1.54, 1.807) is 0 Å². The molecule has 1 N–H and O–H groups in total. The molecule has 0 radical (unpaired) electrons. The minimum atomic E-state index is 0.0278. The maximum atomic E-state index is 6.04. The van der Waals surface area contributed by atoms with Gasteiger partial charge in [-0.25, -0.2) is 0 Å². The van der Waals surface area contributed by atoms with Crippen molar-refractivity contribution in [1.29, 1.82) is 0 Å². The van der Waals surface area contributed by atoms with Crippen LogP contribution in [0.1, 0.15) is 25.5 Å². The van der Waals surface area contributed by atoms with Crippen molar-refractivity contribution in [3.8, 4) is 0 Å². The Bertz CT molecular complexity index is 380. The molecule has 0 amide bonds. The molecule has 2 rings (SSSR count). The van der Waals surface area contributed by atoms with Crippen LogP contribution in [-0.2, 0) is 9.47 Å². The Morgan fingerprint density at radius 1 is 1.44 bits per heavy atom. The molecule has 18 heavy (non-hydrogen) atoms. The third kappa shape index (κ3) is 3.95. The molecule has 3 nitrogen and oxygen atoms in total. The highest BCUT2D eigenvalue weighted by atomic mass is 35.5. The van der Waals surface area contributed by atoms with Gasteiger partial charge in [0.15, 0.2) is 0 Å². The van der Waals surface area contributed by atoms with Crippen molar-refractivity contribution in [3.63, 3.8) is 0 Å². The smallest absolute Gasteiger partial charge is 0.105 e. The van der Waals surface area contributed by atoms with E-state index in [2.05, 4.69) is 25.2 Å². The first-order valence-electron chi connectivity index (χ1n) is 6.37. The maximum absolute atomic E-state index is 6.04. The normalized spacial score (nSPS) is 17.8. The Morgan fingerprint density at radius 3 is 2.78 bits per heavy atom. The summed E-state index contributed by atoms with van der Waals surface area (Å²) in [6.45, 7) is 6.43. The van der Waals surface area contributed by atoms with E-state index in [9.17, 15) is 0 Å². The topological polar surface area (TPSA) is 30.5 Å². The van der Waals surface area contributed by atoms with Crippen LogP contribution >= 0.6 is 11.6 Å². The summed E-state index contributed by atoms with van der Waals surface area (Å²) >= 11 is 6.04. The van der Waals surface area contributed by atoms with E-state index in [0.717, 1.165) is 17.1 Å². The van der Waals surface area contributed by atoms with Crippen LogP contribution in [0, 0.1) is 0 Å². The lowest BCUT2D eigenvalue weighted by Crippen LogP contribution is -2.39. The zero-order valence-corrected chi connectivity index (χ0v) is 11.6. The highest BCUT2D eigenvalue weighted by molar-refractivity contribution is 6.30. The van der Waals surface area contributed by atoms with Crippen molar-refractivity contribution in [2.24, 2.45) is 0 Å². The predicted molar refractivity (Wildman–Crippen MR) is 73.0 cm³/mol. The highest BCUT2D eigenvalue weighted by Gasteiger charge is 2.24. The van der Waals surface area contributed by atoms with E-state index >= 15 is 0 Å². The van der Waals surface area contributed by atoms with Gasteiger partial charge in [-0.1, -0.05) is 37.6 Å². The molecule has 4 heteroatoms. The minimum Gasteiger partial charge on any atom is -0.376 e. The molecule has 1 aromatic rings. The zero-order chi connectivity index (χ0) is 13.0. The first-order chi connectivity index (χ1) is 8.65. The molecular formula is C14H20ClNO2.